The zero-order chi connectivity index (χ0) is 12.3. The Kier molecular flexibility index (Phi) is 3.35. The van der Waals surface area contributed by atoms with Crippen LogP contribution in [0.25, 0.3) is 0 Å². The van der Waals surface area contributed by atoms with Crippen molar-refractivity contribution in [1.82, 2.24) is 0 Å². The van der Waals surface area contributed by atoms with Gasteiger partial charge in [0.25, 0.3) is 0 Å². The summed E-state index contributed by atoms with van der Waals surface area (Å²) >= 11 is 0. The van der Waals surface area contributed by atoms with Crippen molar-refractivity contribution in [2.45, 2.75) is 12.2 Å². The van der Waals surface area contributed by atoms with E-state index in [0.29, 0.717) is 11.8 Å². The first-order valence-corrected chi connectivity index (χ1v) is 5.22. The van der Waals surface area contributed by atoms with E-state index in [-0.39, 0.29) is 18.2 Å². The van der Waals surface area contributed by atoms with Gasteiger partial charge in [-0.05, 0) is 29.8 Å². The second-order valence-electron chi connectivity index (χ2n) is 3.66. The van der Waals surface area contributed by atoms with Gasteiger partial charge >= 0.3 is 5.97 Å². The van der Waals surface area contributed by atoms with Gasteiger partial charge < -0.3 is 9.47 Å². The average molecular weight is 232 g/mol. The Balaban J connectivity index is 2.11. The van der Waals surface area contributed by atoms with Crippen molar-refractivity contribution in [2.24, 2.45) is 0 Å². The van der Waals surface area contributed by atoms with Crippen molar-refractivity contribution in [3.05, 3.63) is 47.5 Å². The fraction of sp³-hybridized carbons (Fsp3) is 0.231. The van der Waals surface area contributed by atoms with Crippen molar-refractivity contribution in [3.8, 4) is 0 Å². The highest BCUT2D eigenvalue weighted by molar-refractivity contribution is 5.89. The first kappa shape index (κ1) is 11.5. The topological polar surface area (TPSA) is 55.9 Å². The number of hydrogen-bond donors (Lipinski definition) is 0. The van der Waals surface area contributed by atoms with Crippen LogP contribution in [0.1, 0.15) is 22.0 Å². The van der Waals surface area contributed by atoms with E-state index in [2.05, 4.69) is 4.74 Å². The number of rotatable bonds is 4. The lowest BCUT2D eigenvalue weighted by Crippen LogP contribution is -2.01. The zero-order valence-corrected chi connectivity index (χ0v) is 9.33. The molecule has 1 fully saturated rings. The summed E-state index contributed by atoms with van der Waals surface area (Å²) in [6.45, 7) is 0. The lowest BCUT2D eigenvalue weighted by molar-refractivity contribution is -0.104. The van der Waals surface area contributed by atoms with Gasteiger partial charge in [0.1, 0.15) is 18.5 Å². The molecule has 2 rings (SSSR count). The van der Waals surface area contributed by atoms with Gasteiger partial charge in [-0.1, -0.05) is 12.1 Å². The van der Waals surface area contributed by atoms with Crippen LogP contribution in [-0.2, 0) is 14.3 Å². The van der Waals surface area contributed by atoms with E-state index in [1.807, 2.05) is 6.07 Å². The second-order valence-corrected chi connectivity index (χ2v) is 3.66. The lowest BCUT2D eigenvalue weighted by atomic mass is 10.1. The number of allylic oxidation sites excluding steroid dienone is 1. The summed E-state index contributed by atoms with van der Waals surface area (Å²) < 4.78 is 10.0. The van der Waals surface area contributed by atoms with Crippen LogP contribution in [0.3, 0.4) is 0 Å². The molecule has 0 aromatic heterocycles. The number of ether oxygens (including phenoxy) is 2. The molecular weight excluding hydrogens is 220 g/mol. The number of carbonyl (C=O) groups is 2. The molecule has 0 radical (unpaired) electrons. The van der Waals surface area contributed by atoms with Crippen LogP contribution < -0.4 is 0 Å². The third kappa shape index (κ3) is 2.60. The minimum absolute atomic E-state index is 0.0733. The van der Waals surface area contributed by atoms with Crippen molar-refractivity contribution >= 4 is 12.3 Å². The summed E-state index contributed by atoms with van der Waals surface area (Å²) in [6, 6.07) is 7.09. The van der Waals surface area contributed by atoms with Gasteiger partial charge in [0.15, 0.2) is 0 Å². The summed E-state index contributed by atoms with van der Waals surface area (Å²) in [5.41, 5.74) is 1.41. The van der Waals surface area contributed by atoms with Crippen molar-refractivity contribution in [3.63, 3.8) is 0 Å². The van der Waals surface area contributed by atoms with E-state index >= 15 is 0 Å². The predicted octanol–water partition coefficient (Wildman–Crippen LogP) is 1.67. The molecule has 1 saturated heterocycles. The largest absolute Gasteiger partial charge is 0.465 e. The number of methoxy groups -OCH3 is 1. The number of epoxide rings is 1. The smallest absolute Gasteiger partial charge is 0.337 e. The minimum atomic E-state index is -0.368. The Morgan fingerprint density at radius 2 is 2.29 bits per heavy atom. The first-order chi connectivity index (χ1) is 8.26. The number of carbonyl (C=O) groups excluding carboxylic acids is 2. The molecule has 0 unspecified atom stereocenters. The molecule has 17 heavy (non-hydrogen) atoms. The Bertz CT molecular complexity index is 464. The molecule has 0 bridgehead atoms. The molecule has 0 N–H and O–H groups in total. The van der Waals surface area contributed by atoms with Gasteiger partial charge in [-0.3, -0.25) is 4.79 Å². The Labute approximate surface area is 98.8 Å². The summed E-state index contributed by atoms with van der Waals surface area (Å²) in [7, 11) is 1.35. The maximum absolute atomic E-state index is 11.3. The third-order valence-electron chi connectivity index (χ3n) is 2.54. The molecule has 2 atom stereocenters. The summed E-state index contributed by atoms with van der Waals surface area (Å²) in [4.78, 5) is 21.5. The summed E-state index contributed by atoms with van der Waals surface area (Å²) in [5, 5.41) is 0. The Morgan fingerprint density at radius 3 is 3.00 bits per heavy atom. The monoisotopic (exact) mass is 232 g/mol. The predicted molar refractivity (Wildman–Crippen MR) is 60.6 cm³/mol. The maximum atomic E-state index is 11.3. The van der Waals surface area contributed by atoms with Gasteiger partial charge in [-0.15, -0.1) is 0 Å². The number of esters is 1. The van der Waals surface area contributed by atoms with Crippen LogP contribution in [0.15, 0.2) is 36.4 Å². The molecule has 0 spiro atoms. The van der Waals surface area contributed by atoms with Crippen LogP contribution >= 0.6 is 0 Å². The highest BCUT2D eigenvalue weighted by Gasteiger charge is 2.38. The maximum Gasteiger partial charge on any atom is 0.337 e. The minimum Gasteiger partial charge on any atom is -0.465 e. The van der Waals surface area contributed by atoms with Gasteiger partial charge in [-0.2, -0.15) is 0 Å². The van der Waals surface area contributed by atoms with Gasteiger partial charge in [0.05, 0.1) is 12.7 Å². The molecule has 1 aliphatic rings. The Hall–Kier alpha value is -1.94. The summed E-state index contributed by atoms with van der Waals surface area (Å²) in [5.74, 6) is -0.368. The van der Waals surface area contributed by atoms with Gasteiger partial charge in [0, 0.05) is 0 Å². The normalized spacial score (nSPS) is 22.4. The van der Waals surface area contributed by atoms with Gasteiger partial charge in [-0.25, -0.2) is 4.79 Å². The fourth-order valence-corrected chi connectivity index (χ4v) is 1.65. The first-order valence-electron chi connectivity index (χ1n) is 5.22. The highest BCUT2D eigenvalue weighted by Crippen LogP contribution is 2.39. The van der Waals surface area contributed by atoms with E-state index in [0.717, 1.165) is 5.56 Å². The standard InChI is InChI=1S/C13H12O4/c1-16-13(15)10-5-2-4-9(8-10)12-11(17-12)6-3-7-14/h2-8,11-12H,1H3/t11-,12-/m0/s1. The van der Waals surface area contributed by atoms with E-state index in [1.165, 1.54) is 13.2 Å². The molecule has 1 heterocycles. The van der Waals surface area contributed by atoms with Gasteiger partial charge in [0.2, 0.25) is 0 Å². The van der Waals surface area contributed by atoms with E-state index < -0.39 is 0 Å². The molecule has 1 aromatic carbocycles. The molecule has 1 aliphatic heterocycles. The number of hydrogen-bond acceptors (Lipinski definition) is 4. The molecule has 4 heteroatoms. The molecule has 88 valence electrons. The van der Waals surface area contributed by atoms with Crippen LogP contribution in [0.4, 0.5) is 0 Å². The Morgan fingerprint density at radius 1 is 1.47 bits per heavy atom. The van der Waals surface area contributed by atoms with Crippen LogP contribution in [-0.4, -0.2) is 25.5 Å². The van der Waals surface area contributed by atoms with Crippen LogP contribution in [0.5, 0.6) is 0 Å². The fourth-order valence-electron chi connectivity index (χ4n) is 1.65. The average Bonchev–Trinajstić information content (AvgIpc) is 3.15. The third-order valence-corrected chi connectivity index (χ3v) is 2.54. The van der Waals surface area contributed by atoms with Crippen molar-refractivity contribution in [2.75, 3.05) is 7.11 Å². The quantitative estimate of drug-likeness (QED) is 0.343. The lowest BCUT2D eigenvalue weighted by Gasteiger charge is -2.00. The SMILES string of the molecule is COC(=O)c1cccc([C@@H]2O[C@H]2C=CC=O)c1. The molecular formula is C13H12O4. The zero-order valence-electron chi connectivity index (χ0n) is 9.33. The molecule has 1 aromatic rings. The number of aldehydes is 1. The molecule has 4 nitrogen and oxygen atoms in total. The van der Waals surface area contributed by atoms with E-state index in [9.17, 15) is 9.59 Å². The van der Waals surface area contributed by atoms with Crippen LogP contribution in [0, 0.1) is 0 Å². The number of benzene rings is 1. The van der Waals surface area contributed by atoms with E-state index in [1.54, 1.807) is 24.3 Å². The van der Waals surface area contributed by atoms with Crippen molar-refractivity contribution in [1.29, 1.82) is 0 Å². The molecule has 0 amide bonds. The molecule has 0 aliphatic carbocycles. The van der Waals surface area contributed by atoms with Crippen LogP contribution in [0.2, 0.25) is 0 Å². The highest BCUT2D eigenvalue weighted by atomic mass is 16.6. The van der Waals surface area contributed by atoms with E-state index in [4.69, 9.17) is 4.74 Å². The van der Waals surface area contributed by atoms with Crippen molar-refractivity contribution < 1.29 is 19.1 Å². The summed E-state index contributed by atoms with van der Waals surface area (Å²) in [6.07, 6.45) is 3.67. The second kappa shape index (κ2) is 4.93. The molecule has 0 saturated carbocycles.